The predicted octanol–water partition coefficient (Wildman–Crippen LogP) is 5.44. The number of carbonyl (C=O) groups is 1. The van der Waals surface area contributed by atoms with Crippen molar-refractivity contribution < 1.29 is 19.0 Å². The number of ether oxygens (including phenoxy) is 3. The fraction of sp³-hybridized carbons (Fsp3) is 0.379. The summed E-state index contributed by atoms with van der Waals surface area (Å²) in [7, 11) is 1.65. The number of esters is 1. The summed E-state index contributed by atoms with van der Waals surface area (Å²) < 4.78 is 17.4. The number of benzene rings is 2. The van der Waals surface area contributed by atoms with E-state index in [9.17, 15) is 4.79 Å². The first kappa shape index (κ1) is 23.4. The molecule has 0 saturated carbocycles. The number of pyridine rings is 1. The van der Waals surface area contributed by atoms with Crippen LogP contribution < -0.4 is 9.47 Å². The van der Waals surface area contributed by atoms with Gasteiger partial charge in [0.05, 0.1) is 30.8 Å². The summed E-state index contributed by atoms with van der Waals surface area (Å²) in [6, 6.07) is 15.0. The lowest BCUT2D eigenvalue weighted by Crippen LogP contribution is -2.55. The van der Waals surface area contributed by atoms with Crippen LogP contribution in [0, 0.1) is 11.8 Å². The third-order valence-corrected chi connectivity index (χ3v) is 7.43. The van der Waals surface area contributed by atoms with Crippen LogP contribution in [-0.4, -0.2) is 48.7 Å². The maximum absolute atomic E-state index is 13.4. The van der Waals surface area contributed by atoms with Gasteiger partial charge in [-0.05, 0) is 86.7 Å². The monoisotopic (exact) mass is 472 g/mol. The molecule has 4 heterocycles. The number of fused-ring (bicyclic) bond motifs is 4. The van der Waals surface area contributed by atoms with Gasteiger partial charge >= 0.3 is 5.97 Å². The minimum atomic E-state index is -0.430. The van der Waals surface area contributed by atoms with Gasteiger partial charge in [0.15, 0.2) is 0 Å². The zero-order chi connectivity index (χ0) is 24.4. The van der Waals surface area contributed by atoms with Crippen molar-refractivity contribution in [1.29, 1.82) is 0 Å². The molecule has 6 nitrogen and oxygen atoms in total. The highest BCUT2D eigenvalue weighted by Crippen LogP contribution is 2.44. The molecule has 3 aromatic rings. The van der Waals surface area contributed by atoms with Crippen molar-refractivity contribution in [3.8, 4) is 11.5 Å². The molecule has 0 radical (unpaired) electrons. The molecule has 0 spiro atoms. The van der Waals surface area contributed by atoms with Crippen LogP contribution in [0.4, 0.5) is 0 Å². The Bertz CT molecular complexity index is 1210. The molecular formula is C29H32N2O4. The molecule has 3 fully saturated rings. The first-order chi connectivity index (χ1) is 17.1. The number of nitrogens with zero attached hydrogens (tertiary/aromatic N) is 2. The molecule has 1 aromatic heterocycles. The van der Waals surface area contributed by atoms with Crippen LogP contribution in [0.25, 0.3) is 10.9 Å². The Kier molecular flexibility index (Phi) is 6.73. The molecule has 3 saturated heterocycles. The summed E-state index contributed by atoms with van der Waals surface area (Å²) in [5, 5.41) is 0.944. The standard InChI is InChI=1S/C29H32N2O4/c1-4-19-18-31-15-13-21(19)16-27(31)28(35-29(32)20-6-8-22(9-7-20)34-5-2)24-12-14-30-26-11-10-23(33-3)17-25(24)26/h4,6-12,14,17,19,21,27-28H,1,5,13,15-16,18H2,2-3H3/t19-,21+,27-,28-/m1/s1. The largest absolute Gasteiger partial charge is 0.497 e. The summed E-state index contributed by atoms with van der Waals surface area (Å²) in [4.78, 5) is 20.4. The first-order valence-corrected chi connectivity index (χ1v) is 12.3. The molecular weight excluding hydrogens is 440 g/mol. The van der Waals surface area contributed by atoms with Crippen molar-refractivity contribution >= 4 is 16.9 Å². The van der Waals surface area contributed by atoms with Gasteiger partial charge in [-0.1, -0.05) is 6.08 Å². The Morgan fingerprint density at radius 2 is 2.00 bits per heavy atom. The van der Waals surface area contributed by atoms with E-state index in [0.717, 1.165) is 53.9 Å². The van der Waals surface area contributed by atoms with E-state index in [1.165, 1.54) is 0 Å². The Hall–Kier alpha value is -3.38. The smallest absolute Gasteiger partial charge is 0.338 e. The van der Waals surface area contributed by atoms with Gasteiger partial charge in [-0.15, -0.1) is 6.58 Å². The van der Waals surface area contributed by atoms with Crippen LogP contribution in [-0.2, 0) is 4.74 Å². The van der Waals surface area contributed by atoms with E-state index >= 15 is 0 Å². The van der Waals surface area contributed by atoms with Crippen LogP contribution in [0.1, 0.15) is 41.8 Å². The molecule has 3 aliphatic rings. The Morgan fingerprint density at radius 3 is 2.69 bits per heavy atom. The highest BCUT2D eigenvalue weighted by molar-refractivity contribution is 5.90. The van der Waals surface area contributed by atoms with Crippen LogP contribution in [0.3, 0.4) is 0 Å². The average Bonchev–Trinajstić information content (AvgIpc) is 2.91. The van der Waals surface area contributed by atoms with Crippen LogP contribution >= 0.6 is 0 Å². The number of hydrogen-bond acceptors (Lipinski definition) is 6. The van der Waals surface area contributed by atoms with Crippen molar-refractivity contribution in [2.45, 2.75) is 31.9 Å². The second-order valence-electron chi connectivity index (χ2n) is 9.31. The summed E-state index contributed by atoms with van der Waals surface area (Å²) in [6.45, 7) is 8.52. The summed E-state index contributed by atoms with van der Waals surface area (Å²) >= 11 is 0. The number of piperidine rings is 3. The lowest BCUT2D eigenvalue weighted by atomic mass is 9.73. The zero-order valence-electron chi connectivity index (χ0n) is 20.4. The molecule has 2 aromatic carbocycles. The summed E-state index contributed by atoms with van der Waals surface area (Å²) in [5.41, 5.74) is 2.32. The van der Waals surface area contributed by atoms with Crippen molar-refractivity contribution in [3.05, 3.63) is 78.5 Å². The maximum atomic E-state index is 13.4. The quantitative estimate of drug-likeness (QED) is 0.322. The Labute approximate surface area is 206 Å². The third kappa shape index (κ3) is 4.63. The van der Waals surface area contributed by atoms with Crippen molar-refractivity contribution in [2.24, 2.45) is 11.8 Å². The minimum Gasteiger partial charge on any atom is -0.497 e. The van der Waals surface area contributed by atoms with Gasteiger partial charge in [0, 0.05) is 23.7 Å². The second kappa shape index (κ2) is 10.1. The van der Waals surface area contributed by atoms with Gasteiger partial charge in [0.25, 0.3) is 0 Å². The SMILES string of the molecule is C=C[C@@H]1CN2CC[C@H]1C[C@@H]2[C@H](OC(=O)c1ccc(OCC)cc1)c1ccnc2ccc(OC)cc12. The van der Waals surface area contributed by atoms with Gasteiger partial charge in [-0.3, -0.25) is 9.88 Å². The van der Waals surface area contributed by atoms with E-state index in [-0.39, 0.29) is 12.0 Å². The van der Waals surface area contributed by atoms with Crippen molar-refractivity contribution in [2.75, 3.05) is 26.8 Å². The lowest BCUT2D eigenvalue weighted by Gasteiger charge is -2.51. The molecule has 6 heteroatoms. The number of aromatic nitrogens is 1. The molecule has 0 amide bonds. The minimum absolute atomic E-state index is 0.0911. The molecule has 3 aliphatic heterocycles. The molecule has 5 atom stereocenters. The number of methoxy groups -OCH3 is 1. The van der Waals surface area contributed by atoms with E-state index in [0.29, 0.717) is 24.0 Å². The van der Waals surface area contributed by atoms with Gasteiger partial charge in [-0.2, -0.15) is 0 Å². The Morgan fingerprint density at radius 1 is 1.20 bits per heavy atom. The molecule has 35 heavy (non-hydrogen) atoms. The van der Waals surface area contributed by atoms with Gasteiger partial charge in [0.2, 0.25) is 0 Å². The normalized spacial score (nSPS) is 24.1. The molecule has 182 valence electrons. The topological polar surface area (TPSA) is 60.9 Å². The summed E-state index contributed by atoms with van der Waals surface area (Å²) in [5.74, 6) is 2.18. The van der Waals surface area contributed by atoms with Crippen LogP contribution in [0.2, 0.25) is 0 Å². The maximum Gasteiger partial charge on any atom is 0.338 e. The van der Waals surface area contributed by atoms with E-state index < -0.39 is 6.10 Å². The third-order valence-electron chi connectivity index (χ3n) is 7.43. The van der Waals surface area contributed by atoms with Crippen LogP contribution in [0.5, 0.6) is 11.5 Å². The zero-order valence-corrected chi connectivity index (χ0v) is 20.4. The Balaban J connectivity index is 1.52. The summed E-state index contributed by atoms with van der Waals surface area (Å²) in [6.07, 6.45) is 5.56. The molecule has 0 N–H and O–H groups in total. The fourth-order valence-electron chi connectivity index (χ4n) is 5.60. The van der Waals surface area contributed by atoms with Crippen LogP contribution in [0.15, 0.2) is 67.4 Å². The number of carbonyl (C=O) groups excluding carboxylic acids is 1. The lowest BCUT2D eigenvalue weighted by molar-refractivity contribution is -0.0568. The average molecular weight is 473 g/mol. The fourth-order valence-corrected chi connectivity index (χ4v) is 5.60. The first-order valence-electron chi connectivity index (χ1n) is 12.3. The molecule has 2 bridgehead atoms. The van der Waals surface area contributed by atoms with Crippen molar-refractivity contribution in [1.82, 2.24) is 9.88 Å². The van der Waals surface area contributed by atoms with Gasteiger partial charge < -0.3 is 14.2 Å². The van der Waals surface area contributed by atoms with E-state index in [1.807, 2.05) is 43.3 Å². The van der Waals surface area contributed by atoms with E-state index in [1.54, 1.807) is 25.4 Å². The molecule has 6 rings (SSSR count). The van der Waals surface area contributed by atoms with Gasteiger partial charge in [-0.25, -0.2) is 4.79 Å². The highest BCUT2D eigenvalue weighted by atomic mass is 16.5. The molecule has 1 unspecified atom stereocenters. The van der Waals surface area contributed by atoms with E-state index in [4.69, 9.17) is 14.2 Å². The van der Waals surface area contributed by atoms with Gasteiger partial charge in [0.1, 0.15) is 17.6 Å². The van der Waals surface area contributed by atoms with Crippen molar-refractivity contribution in [3.63, 3.8) is 0 Å². The second-order valence-corrected chi connectivity index (χ2v) is 9.31. The highest BCUT2D eigenvalue weighted by Gasteiger charge is 2.44. The number of hydrogen-bond donors (Lipinski definition) is 0. The number of rotatable bonds is 8. The molecule has 0 aliphatic carbocycles. The van der Waals surface area contributed by atoms with E-state index in [2.05, 4.69) is 22.5 Å². The predicted molar refractivity (Wildman–Crippen MR) is 136 cm³/mol.